The number of hydrogen-bond acceptors (Lipinski definition) is 5. The lowest BCUT2D eigenvalue weighted by molar-refractivity contribution is 0.908. The monoisotopic (exact) mass is 357 g/mol. The van der Waals surface area contributed by atoms with E-state index in [2.05, 4.69) is 51.8 Å². The number of halogens is 2. The molecule has 2 N–H and O–H groups in total. The van der Waals surface area contributed by atoms with E-state index in [4.69, 9.17) is 5.73 Å². The Morgan fingerprint density at radius 1 is 1.24 bits per heavy atom. The summed E-state index contributed by atoms with van der Waals surface area (Å²) in [6, 6.07) is 1.88. The number of anilines is 1. The minimum atomic E-state index is 0.212. The SMILES string of the molecule is CCc1nc(N)nc(-c2ncc(Br)cc2Br)n1. The van der Waals surface area contributed by atoms with Crippen LogP contribution in [-0.2, 0) is 6.42 Å². The molecule has 0 aliphatic rings. The lowest BCUT2D eigenvalue weighted by Gasteiger charge is -2.05. The Balaban J connectivity index is 2.55. The van der Waals surface area contributed by atoms with Crippen molar-refractivity contribution in [3.05, 3.63) is 27.0 Å². The summed E-state index contributed by atoms with van der Waals surface area (Å²) in [5, 5.41) is 0. The summed E-state index contributed by atoms with van der Waals surface area (Å²) >= 11 is 6.76. The lowest BCUT2D eigenvalue weighted by atomic mass is 10.3. The molecule has 0 amide bonds. The van der Waals surface area contributed by atoms with Crippen molar-refractivity contribution in [3.8, 4) is 11.5 Å². The third-order valence-electron chi connectivity index (χ3n) is 2.03. The highest BCUT2D eigenvalue weighted by Gasteiger charge is 2.11. The summed E-state index contributed by atoms with van der Waals surface area (Å²) in [5.41, 5.74) is 6.29. The number of hydrogen-bond donors (Lipinski definition) is 1. The van der Waals surface area contributed by atoms with Crippen molar-refractivity contribution >= 4 is 37.8 Å². The number of rotatable bonds is 2. The van der Waals surface area contributed by atoms with Crippen molar-refractivity contribution in [2.45, 2.75) is 13.3 Å². The Hall–Kier alpha value is -1.08. The molecule has 0 radical (unpaired) electrons. The van der Waals surface area contributed by atoms with Crippen LogP contribution in [0.15, 0.2) is 21.2 Å². The van der Waals surface area contributed by atoms with Crippen LogP contribution in [0.25, 0.3) is 11.5 Å². The first-order valence-electron chi connectivity index (χ1n) is 4.92. The summed E-state index contributed by atoms with van der Waals surface area (Å²) < 4.78 is 1.69. The number of nitrogens with two attached hydrogens (primary N) is 1. The second kappa shape index (κ2) is 5.05. The lowest BCUT2D eigenvalue weighted by Crippen LogP contribution is -2.05. The molecule has 0 fully saturated rings. The Kier molecular flexibility index (Phi) is 3.68. The zero-order chi connectivity index (χ0) is 12.4. The third-order valence-corrected chi connectivity index (χ3v) is 3.07. The Labute approximate surface area is 115 Å². The van der Waals surface area contributed by atoms with E-state index in [1.165, 1.54) is 0 Å². The van der Waals surface area contributed by atoms with Gasteiger partial charge in [0.05, 0.1) is 0 Å². The second-order valence-electron chi connectivity index (χ2n) is 3.27. The van der Waals surface area contributed by atoms with Crippen molar-refractivity contribution in [2.75, 3.05) is 5.73 Å². The highest BCUT2D eigenvalue weighted by Crippen LogP contribution is 2.26. The normalized spacial score (nSPS) is 10.5. The van der Waals surface area contributed by atoms with Crippen LogP contribution in [0, 0.1) is 0 Å². The van der Waals surface area contributed by atoms with Crippen molar-refractivity contribution in [2.24, 2.45) is 0 Å². The molecule has 5 nitrogen and oxygen atoms in total. The largest absolute Gasteiger partial charge is 0.368 e. The summed E-state index contributed by atoms with van der Waals surface area (Å²) in [6.07, 6.45) is 2.39. The van der Waals surface area contributed by atoms with Crippen molar-refractivity contribution in [1.29, 1.82) is 0 Å². The molecular formula is C10H9Br2N5. The Morgan fingerprint density at radius 3 is 2.65 bits per heavy atom. The van der Waals surface area contributed by atoms with Gasteiger partial charge in [-0.1, -0.05) is 6.92 Å². The van der Waals surface area contributed by atoms with Gasteiger partial charge in [0, 0.05) is 21.6 Å². The molecule has 2 aromatic heterocycles. The summed E-state index contributed by atoms with van der Waals surface area (Å²) in [5.74, 6) is 1.35. The van der Waals surface area contributed by atoms with Gasteiger partial charge in [-0.3, -0.25) is 4.98 Å². The predicted octanol–water partition coefficient (Wildman–Crippen LogP) is 2.60. The van der Waals surface area contributed by atoms with Gasteiger partial charge in [-0.05, 0) is 37.9 Å². The van der Waals surface area contributed by atoms with E-state index in [1.54, 1.807) is 6.20 Å². The molecule has 0 spiro atoms. The average Bonchev–Trinajstić information content (AvgIpc) is 2.28. The van der Waals surface area contributed by atoms with E-state index >= 15 is 0 Å². The molecule has 2 aromatic rings. The second-order valence-corrected chi connectivity index (χ2v) is 5.04. The van der Waals surface area contributed by atoms with Crippen LogP contribution < -0.4 is 5.73 Å². The number of aromatic nitrogens is 4. The van der Waals surface area contributed by atoms with Crippen LogP contribution in [0.5, 0.6) is 0 Å². The summed E-state index contributed by atoms with van der Waals surface area (Å²) in [6.45, 7) is 1.96. The third kappa shape index (κ3) is 2.78. The van der Waals surface area contributed by atoms with Gasteiger partial charge in [-0.15, -0.1) is 0 Å². The van der Waals surface area contributed by atoms with Gasteiger partial charge >= 0.3 is 0 Å². The zero-order valence-corrected chi connectivity index (χ0v) is 12.2. The van der Waals surface area contributed by atoms with Gasteiger partial charge in [-0.25, -0.2) is 4.98 Å². The zero-order valence-electron chi connectivity index (χ0n) is 8.98. The molecule has 2 rings (SSSR count). The van der Waals surface area contributed by atoms with Crippen LogP contribution in [0.2, 0.25) is 0 Å². The van der Waals surface area contributed by atoms with Crippen LogP contribution in [0.4, 0.5) is 5.95 Å². The first-order valence-corrected chi connectivity index (χ1v) is 6.50. The fourth-order valence-electron chi connectivity index (χ4n) is 1.28. The predicted molar refractivity (Wildman–Crippen MR) is 72.2 cm³/mol. The van der Waals surface area contributed by atoms with Crippen molar-refractivity contribution < 1.29 is 0 Å². The molecule has 0 unspecified atom stereocenters. The standard InChI is InChI=1S/C10H9Br2N5/c1-2-7-15-9(17-10(13)16-7)8-6(12)3-5(11)4-14-8/h3-4H,2H2,1H3,(H2,13,15,16,17). The first kappa shape index (κ1) is 12.4. The molecule has 88 valence electrons. The fraction of sp³-hybridized carbons (Fsp3) is 0.200. The van der Waals surface area contributed by atoms with E-state index in [0.717, 1.165) is 8.95 Å². The van der Waals surface area contributed by atoms with Crippen LogP contribution in [0.3, 0.4) is 0 Å². The van der Waals surface area contributed by atoms with E-state index in [9.17, 15) is 0 Å². The smallest absolute Gasteiger partial charge is 0.223 e. The van der Waals surface area contributed by atoms with Gasteiger partial charge < -0.3 is 5.73 Å². The number of aryl methyl sites for hydroxylation is 1. The molecule has 0 saturated heterocycles. The molecule has 17 heavy (non-hydrogen) atoms. The minimum absolute atomic E-state index is 0.212. The highest BCUT2D eigenvalue weighted by molar-refractivity contribution is 9.11. The topological polar surface area (TPSA) is 77.6 Å². The maximum atomic E-state index is 5.64. The highest BCUT2D eigenvalue weighted by atomic mass is 79.9. The van der Waals surface area contributed by atoms with Crippen LogP contribution in [0.1, 0.15) is 12.7 Å². The van der Waals surface area contributed by atoms with Gasteiger partial charge in [0.1, 0.15) is 11.5 Å². The molecule has 0 atom stereocenters. The maximum absolute atomic E-state index is 5.64. The number of nitrogens with zero attached hydrogens (tertiary/aromatic N) is 4. The van der Waals surface area contributed by atoms with Crippen LogP contribution in [-0.4, -0.2) is 19.9 Å². The fourth-order valence-corrected chi connectivity index (χ4v) is 2.45. The van der Waals surface area contributed by atoms with Crippen LogP contribution >= 0.6 is 31.9 Å². The van der Waals surface area contributed by atoms with E-state index in [1.807, 2.05) is 13.0 Å². The van der Waals surface area contributed by atoms with Gasteiger partial charge in [0.2, 0.25) is 5.95 Å². The number of pyridine rings is 1. The molecule has 2 heterocycles. The van der Waals surface area contributed by atoms with E-state index < -0.39 is 0 Å². The Morgan fingerprint density at radius 2 is 2.00 bits per heavy atom. The van der Waals surface area contributed by atoms with Gasteiger partial charge in [-0.2, -0.15) is 9.97 Å². The summed E-state index contributed by atoms with van der Waals surface area (Å²) in [4.78, 5) is 16.7. The van der Waals surface area contributed by atoms with Gasteiger partial charge in [0.15, 0.2) is 5.82 Å². The number of nitrogen functional groups attached to an aromatic ring is 1. The molecule has 0 aliphatic carbocycles. The maximum Gasteiger partial charge on any atom is 0.223 e. The van der Waals surface area contributed by atoms with Gasteiger partial charge in [0.25, 0.3) is 0 Å². The Bertz CT molecular complexity index is 558. The average molecular weight is 359 g/mol. The first-order chi connectivity index (χ1) is 8.10. The molecule has 0 bridgehead atoms. The molecule has 7 heteroatoms. The summed E-state index contributed by atoms with van der Waals surface area (Å²) in [7, 11) is 0. The molecule has 0 saturated carbocycles. The van der Waals surface area contributed by atoms with E-state index in [0.29, 0.717) is 23.8 Å². The van der Waals surface area contributed by atoms with Crippen molar-refractivity contribution in [3.63, 3.8) is 0 Å². The quantitative estimate of drug-likeness (QED) is 0.892. The minimum Gasteiger partial charge on any atom is -0.368 e. The molecular weight excluding hydrogens is 350 g/mol. The molecule has 0 aromatic carbocycles. The molecule has 0 aliphatic heterocycles. The van der Waals surface area contributed by atoms with E-state index in [-0.39, 0.29) is 5.95 Å². The van der Waals surface area contributed by atoms with Crippen molar-refractivity contribution in [1.82, 2.24) is 19.9 Å².